The van der Waals surface area contributed by atoms with Crippen LogP contribution in [-0.2, 0) is 0 Å². The second-order valence-electron chi connectivity index (χ2n) is 2.27. The largest absolute Gasteiger partial charge is 0.207 e. The Morgan fingerprint density at radius 2 is 2.27 bits per heavy atom. The molecule has 0 heterocycles. The van der Waals surface area contributed by atoms with Crippen molar-refractivity contribution in [3.05, 3.63) is 29.6 Å². The fraction of sp³-hybridized carbons (Fsp3) is 0.125. The fourth-order valence-electron chi connectivity index (χ4n) is 0.964. The molecule has 1 aromatic carbocycles. The Labute approximate surface area is 65.7 Å². The summed E-state index contributed by atoms with van der Waals surface area (Å²) in [5.41, 5.74) is 1.33. The van der Waals surface area contributed by atoms with Gasteiger partial charge in [-0.2, -0.15) is 5.26 Å². The highest BCUT2D eigenvalue weighted by Gasteiger charge is 2.00. The molecule has 0 aliphatic carbocycles. The quantitative estimate of drug-likeness (QED) is 0.539. The summed E-state index contributed by atoms with van der Waals surface area (Å²) in [6, 6.07) is 6.22. The van der Waals surface area contributed by atoms with Crippen molar-refractivity contribution in [2.75, 3.05) is 0 Å². The standard InChI is InChI=1S/C8H7BFN/c1-9-8-4-7(10)3-2-6(8)5-11/h2-4,9H,1H3. The average Bonchev–Trinajstić information content (AvgIpc) is 2.04. The molecule has 0 aliphatic heterocycles. The van der Waals surface area contributed by atoms with Crippen molar-refractivity contribution in [3.8, 4) is 6.07 Å². The second kappa shape index (κ2) is 3.20. The number of nitrogens with zero attached hydrogens (tertiary/aromatic N) is 1. The molecule has 0 amide bonds. The van der Waals surface area contributed by atoms with Gasteiger partial charge in [-0.1, -0.05) is 12.3 Å². The maximum atomic E-state index is 12.6. The maximum Gasteiger partial charge on any atom is 0.156 e. The first-order valence-electron chi connectivity index (χ1n) is 3.46. The number of hydrogen-bond donors (Lipinski definition) is 0. The van der Waals surface area contributed by atoms with Crippen LogP contribution in [0.2, 0.25) is 6.82 Å². The van der Waals surface area contributed by atoms with E-state index in [1.54, 1.807) is 0 Å². The molecule has 1 nitrogen and oxygen atoms in total. The van der Waals surface area contributed by atoms with Gasteiger partial charge in [-0.25, -0.2) is 4.39 Å². The van der Waals surface area contributed by atoms with Gasteiger partial charge in [-0.3, -0.25) is 0 Å². The van der Waals surface area contributed by atoms with Gasteiger partial charge in [-0.15, -0.1) is 0 Å². The normalized spacial score (nSPS) is 8.82. The first-order chi connectivity index (χ1) is 5.27. The molecule has 0 fully saturated rings. The molecule has 0 spiro atoms. The molecule has 0 N–H and O–H groups in total. The summed E-state index contributed by atoms with van der Waals surface area (Å²) in [6.45, 7) is 1.90. The predicted molar refractivity (Wildman–Crippen MR) is 43.8 cm³/mol. The Kier molecular flexibility index (Phi) is 2.27. The van der Waals surface area contributed by atoms with Crippen LogP contribution in [-0.4, -0.2) is 7.28 Å². The highest BCUT2D eigenvalue weighted by Crippen LogP contribution is 1.97. The van der Waals surface area contributed by atoms with Crippen LogP contribution in [0, 0.1) is 17.1 Å². The van der Waals surface area contributed by atoms with Crippen molar-refractivity contribution in [3.63, 3.8) is 0 Å². The van der Waals surface area contributed by atoms with E-state index < -0.39 is 0 Å². The van der Waals surface area contributed by atoms with Crippen LogP contribution in [0.4, 0.5) is 4.39 Å². The van der Waals surface area contributed by atoms with Gasteiger partial charge >= 0.3 is 0 Å². The van der Waals surface area contributed by atoms with Gasteiger partial charge in [0, 0.05) is 5.56 Å². The number of benzene rings is 1. The SMILES string of the molecule is CBc1cc(F)ccc1C#N. The lowest BCUT2D eigenvalue weighted by molar-refractivity contribution is 0.629. The molecule has 0 radical (unpaired) electrons. The molecule has 0 bridgehead atoms. The molecule has 3 heteroatoms. The minimum absolute atomic E-state index is 0.277. The fourth-order valence-corrected chi connectivity index (χ4v) is 0.964. The van der Waals surface area contributed by atoms with Gasteiger partial charge < -0.3 is 0 Å². The lowest BCUT2D eigenvalue weighted by atomic mass is 9.71. The van der Waals surface area contributed by atoms with Crippen molar-refractivity contribution in [1.82, 2.24) is 0 Å². The van der Waals surface area contributed by atoms with E-state index in [-0.39, 0.29) is 5.82 Å². The Hall–Kier alpha value is -1.30. The van der Waals surface area contributed by atoms with Crippen LogP contribution < -0.4 is 5.46 Å². The van der Waals surface area contributed by atoms with E-state index in [0.29, 0.717) is 12.8 Å². The minimum Gasteiger partial charge on any atom is -0.207 e. The minimum atomic E-state index is -0.277. The Morgan fingerprint density at radius 3 is 2.82 bits per heavy atom. The molecular formula is C8H7BFN. The van der Waals surface area contributed by atoms with Crippen LogP contribution in [0.1, 0.15) is 5.56 Å². The average molecular weight is 147 g/mol. The monoisotopic (exact) mass is 147 g/mol. The van der Waals surface area contributed by atoms with Gasteiger partial charge in [0.25, 0.3) is 0 Å². The number of hydrogen-bond acceptors (Lipinski definition) is 1. The van der Waals surface area contributed by atoms with Gasteiger partial charge in [-0.05, 0) is 18.2 Å². The number of nitriles is 1. The van der Waals surface area contributed by atoms with Crippen molar-refractivity contribution in [1.29, 1.82) is 5.26 Å². The summed E-state index contributed by atoms with van der Waals surface area (Å²) in [6.07, 6.45) is 0. The molecule has 11 heavy (non-hydrogen) atoms. The lowest BCUT2D eigenvalue weighted by Crippen LogP contribution is -2.15. The topological polar surface area (TPSA) is 23.8 Å². The summed E-state index contributed by atoms with van der Waals surface area (Å²) >= 11 is 0. The molecule has 0 unspecified atom stereocenters. The summed E-state index contributed by atoms with van der Waals surface area (Å²) in [7, 11) is 0.695. The first kappa shape index (κ1) is 7.81. The zero-order valence-electron chi connectivity index (χ0n) is 6.26. The maximum absolute atomic E-state index is 12.6. The Morgan fingerprint density at radius 1 is 1.55 bits per heavy atom. The van der Waals surface area contributed by atoms with Crippen LogP contribution in [0.3, 0.4) is 0 Å². The Balaban J connectivity index is 3.19. The van der Waals surface area contributed by atoms with E-state index in [1.807, 2.05) is 12.9 Å². The molecule has 0 saturated carbocycles. The van der Waals surface area contributed by atoms with Gasteiger partial charge in [0.2, 0.25) is 0 Å². The van der Waals surface area contributed by atoms with Crippen LogP contribution in [0.15, 0.2) is 18.2 Å². The molecule has 0 aliphatic rings. The first-order valence-corrected chi connectivity index (χ1v) is 3.46. The van der Waals surface area contributed by atoms with Crippen LogP contribution in [0.25, 0.3) is 0 Å². The summed E-state index contributed by atoms with van der Waals surface area (Å²) in [4.78, 5) is 0. The zero-order valence-corrected chi connectivity index (χ0v) is 6.26. The second-order valence-corrected chi connectivity index (χ2v) is 2.27. The van der Waals surface area contributed by atoms with E-state index in [1.165, 1.54) is 18.2 Å². The van der Waals surface area contributed by atoms with Gasteiger partial charge in [0.15, 0.2) is 7.28 Å². The van der Waals surface area contributed by atoms with Crippen LogP contribution in [0.5, 0.6) is 0 Å². The van der Waals surface area contributed by atoms with Crippen molar-refractivity contribution < 1.29 is 4.39 Å². The molecule has 0 atom stereocenters. The van der Waals surface area contributed by atoms with E-state index in [4.69, 9.17) is 5.26 Å². The Bertz CT molecular complexity index is 303. The zero-order chi connectivity index (χ0) is 8.27. The summed E-state index contributed by atoms with van der Waals surface area (Å²) < 4.78 is 12.6. The highest BCUT2D eigenvalue weighted by atomic mass is 19.1. The number of halogens is 1. The third-order valence-electron chi connectivity index (χ3n) is 1.57. The lowest BCUT2D eigenvalue weighted by Gasteiger charge is -1.97. The predicted octanol–water partition coefficient (Wildman–Crippen LogP) is 0.807. The molecule has 0 saturated heterocycles. The van der Waals surface area contributed by atoms with Crippen molar-refractivity contribution >= 4 is 12.7 Å². The van der Waals surface area contributed by atoms with E-state index in [0.717, 1.165) is 5.46 Å². The van der Waals surface area contributed by atoms with E-state index in [2.05, 4.69) is 0 Å². The highest BCUT2D eigenvalue weighted by molar-refractivity contribution is 6.52. The van der Waals surface area contributed by atoms with Gasteiger partial charge in [0.1, 0.15) is 5.82 Å². The number of rotatable bonds is 1. The molecule has 0 aromatic heterocycles. The smallest absolute Gasteiger partial charge is 0.156 e. The third-order valence-corrected chi connectivity index (χ3v) is 1.57. The summed E-state index contributed by atoms with van der Waals surface area (Å²) in [5, 5.41) is 8.57. The third kappa shape index (κ3) is 1.59. The molecule has 54 valence electrons. The van der Waals surface area contributed by atoms with Gasteiger partial charge in [0.05, 0.1) is 6.07 Å². The molecule has 1 aromatic rings. The molecular weight excluding hydrogens is 140 g/mol. The molecule has 1 rings (SSSR count). The van der Waals surface area contributed by atoms with Crippen molar-refractivity contribution in [2.45, 2.75) is 6.82 Å². The van der Waals surface area contributed by atoms with Crippen LogP contribution >= 0.6 is 0 Å². The summed E-state index contributed by atoms with van der Waals surface area (Å²) in [5.74, 6) is -0.277. The van der Waals surface area contributed by atoms with E-state index in [9.17, 15) is 4.39 Å². The van der Waals surface area contributed by atoms with Crippen molar-refractivity contribution in [2.24, 2.45) is 0 Å². The van der Waals surface area contributed by atoms with E-state index >= 15 is 0 Å².